The summed E-state index contributed by atoms with van der Waals surface area (Å²) in [5.41, 5.74) is 1.12. The molecule has 0 heterocycles. The third-order valence-corrected chi connectivity index (χ3v) is 7.45. The molecular formula is C14H22NO4PS2. The van der Waals surface area contributed by atoms with Crippen LogP contribution in [-0.2, 0) is 21.1 Å². The lowest BCUT2D eigenvalue weighted by Crippen LogP contribution is -2.21. The molecule has 1 rings (SSSR count). The Hall–Kier alpha value is -0.590. The molecule has 0 aliphatic rings. The molecule has 0 saturated heterocycles. The van der Waals surface area contributed by atoms with E-state index in [4.69, 9.17) is 26.0 Å². The molecule has 0 amide bonds. The van der Waals surface area contributed by atoms with Gasteiger partial charge in [0.15, 0.2) is 0 Å². The minimum atomic E-state index is -2.65. The van der Waals surface area contributed by atoms with Crippen LogP contribution in [0.1, 0.15) is 18.4 Å². The predicted molar refractivity (Wildman–Crippen MR) is 94.4 cm³/mol. The van der Waals surface area contributed by atoms with E-state index in [2.05, 4.69) is 0 Å². The van der Waals surface area contributed by atoms with Crippen LogP contribution in [-0.4, -0.2) is 42.7 Å². The zero-order chi connectivity index (χ0) is 16.8. The van der Waals surface area contributed by atoms with Crippen molar-refractivity contribution in [2.75, 3.05) is 27.0 Å². The van der Waals surface area contributed by atoms with Crippen molar-refractivity contribution in [3.63, 3.8) is 0 Å². The van der Waals surface area contributed by atoms with Gasteiger partial charge in [0, 0.05) is 25.0 Å². The molecule has 0 aliphatic heterocycles. The lowest BCUT2D eigenvalue weighted by atomic mass is 10.2. The summed E-state index contributed by atoms with van der Waals surface area (Å²) < 4.78 is 13.2. The number of aliphatic carboxylic acids is 1. The van der Waals surface area contributed by atoms with Gasteiger partial charge in [-0.05, 0) is 62.2 Å². The first-order chi connectivity index (χ1) is 10.3. The van der Waals surface area contributed by atoms with Gasteiger partial charge < -0.3 is 14.2 Å². The fourth-order valence-corrected chi connectivity index (χ4v) is 4.22. The predicted octanol–water partition coefficient (Wildman–Crippen LogP) is 3.76. The third kappa shape index (κ3) is 5.56. The molecule has 1 atom stereocenters. The normalized spacial score (nSPS) is 13.9. The minimum absolute atomic E-state index is 0.102. The largest absolute Gasteiger partial charge is 0.481 e. The highest BCUT2D eigenvalue weighted by molar-refractivity contribution is 8.08. The zero-order valence-electron chi connectivity index (χ0n) is 13.2. The molecule has 5 nitrogen and oxygen atoms in total. The summed E-state index contributed by atoms with van der Waals surface area (Å²) in [6, 6.07) is 5.82. The summed E-state index contributed by atoms with van der Waals surface area (Å²) in [6.45, 7) is -0.117. The summed E-state index contributed by atoms with van der Waals surface area (Å²) in [7, 11) is 3.33. The number of thioether (sulfide) groups is 1. The SMILES string of the molecule is COP(=S)(Oc1ccc(SC)c(C)c1)N(C)CCCC(=O)O. The van der Waals surface area contributed by atoms with E-state index in [1.807, 2.05) is 31.4 Å². The van der Waals surface area contributed by atoms with Crippen LogP contribution in [0.4, 0.5) is 0 Å². The molecule has 124 valence electrons. The van der Waals surface area contributed by atoms with E-state index >= 15 is 0 Å². The van der Waals surface area contributed by atoms with Gasteiger partial charge in [0.1, 0.15) is 5.75 Å². The van der Waals surface area contributed by atoms with Crippen molar-refractivity contribution in [2.45, 2.75) is 24.7 Å². The van der Waals surface area contributed by atoms with Crippen LogP contribution in [0.5, 0.6) is 5.75 Å². The van der Waals surface area contributed by atoms with Gasteiger partial charge in [-0.1, -0.05) is 0 Å². The summed E-state index contributed by atoms with van der Waals surface area (Å²) in [5, 5.41) is 8.70. The molecule has 0 fully saturated rings. The van der Waals surface area contributed by atoms with Gasteiger partial charge >= 0.3 is 12.6 Å². The molecule has 22 heavy (non-hydrogen) atoms. The molecule has 1 N–H and O–H groups in total. The fourth-order valence-electron chi connectivity index (χ4n) is 1.87. The molecule has 1 aromatic carbocycles. The van der Waals surface area contributed by atoms with Crippen LogP contribution < -0.4 is 4.52 Å². The Morgan fingerprint density at radius 2 is 2.18 bits per heavy atom. The molecular weight excluding hydrogens is 341 g/mol. The average molecular weight is 363 g/mol. The van der Waals surface area contributed by atoms with Crippen molar-refractivity contribution < 1.29 is 18.9 Å². The first kappa shape index (κ1) is 19.5. The van der Waals surface area contributed by atoms with Crippen LogP contribution in [0.15, 0.2) is 23.1 Å². The fraction of sp³-hybridized carbons (Fsp3) is 0.500. The maximum absolute atomic E-state index is 10.6. The third-order valence-electron chi connectivity index (χ3n) is 3.11. The van der Waals surface area contributed by atoms with Gasteiger partial charge in [-0.3, -0.25) is 4.79 Å². The Kier molecular flexibility index (Phi) is 7.86. The number of hydrogen-bond donors (Lipinski definition) is 1. The Morgan fingerprint density at radius 3 is 2.68 bits per heavy atom. The summed E-state index contributed by atoms with van der Waals surface area (Å²) in [5.74, 6) is -0.145. The molecule has 1 aromatic rings. The van der Waals surface area contributed by atoms with Gasteiger partial charge in [-0.25, -0.2) is 4.67 Å². The van der Waals surface area contributed by atoms with Crippen molar-refractivity contribution in [1.29, 1.82) is 0 Å². The summed E-state index contributed by atoms with van der Waals surface area (Å²) in [4.78, 5) is 11.8. The number of carbonyl (C=O) groups is 1. The average Bonchev–Trinajstić information content (AvgIpc) is 2.46. The van der Waals surface area contributed by atoms with Crippen molar-refractivity contribution in [3.05, 3.63) is 23.8 Å². The highest BCUT2D eigenvalue weighted by Crippen LogP contribution is 2.50. The van der Waals surface area contributed by atoms with Crippen LogP contribution in [0.25, 0.3) is 0 Å². The zero-order valence-corrected chi connectivity index (χ0v) is 15.8. The standard InChI is InChI=1S/C14H22NO4PS2/c1-11-10-12(7-8-13(11)22-4)19-20(21,18-3)15(2)9-5-6-14(16)17/h7-8,10H,5-6,9H2,1-4H3,(H,16,17). The second-order valence-electron chi connectivity index (χ2n) is 4.75. The lowest BCUT2D eigenvalue weighted by molar-refractivity contribution is -0.137. The van der Waals surface area contributed by atoms with Gasteiger partial charge in [0.2, 0.25) is 0 Å². The molecule has 0 spiro atoms. The highest BCUT2D eigenvalue weighted by Gasteiger charge is 2.25. The van der Waals surface area contributed by atoms with Gasteiger partial charge in [0.05, 0.1) is 0 Å². The van der Waals surface area contributed by atoms with Gasteiger partial charge in [0.25, 0.3) is 0 Å². The van der Waals surface area contributed by atoms with Crippen LogP contribution in [0.2, 0.25) is 0 Å². The second-order valence-corrected chi connectivity index (χ2v) is 9.15. The first-order valence-corrected chi connectivity index (χ1v) is 10.6. The van der Waals surface area contributed by atoms with E-state index in [-0.39, 0.29) is 6.42 Å². The topological polar surface area (TPSA) is 59.0 Å². The van der Waals surface area contributed by atoms with Crippen molar-refractivity contribution in [1.82, 2.24) is 4.67 Å². The van der Waals surface area contributed by atoms with Gasteiger partial charge in [-0.2, -0.15) is 0 Å². The number of aryl methyl sites for hydroxylation is 1. The molecule has 0 bridgehead atoms. The van der Waals surface area contributed by atoms with E-state index in [1.165, 1.54) is 12.0 Å². The van der Waals surface area contributed by atoms with Crippen molar-refractivity contribution in [3.8, 4) is 5.75 Å². The maximum Gasteiger partial charge on any atom is 0.314 e. The van der Waals surface area contributed by atoms with Crippen molar-refractivity contribution >= 4 is 36.2 Å². The summed E-state index contributed by atoms with van der Waals surface area (Å²) in [6.07, 6.45) is 2.63. The van der Waals surface area contributed by atoms with E-state index < -0.39 is 12.6 Å². The summed E-state index contributed by atoms with van der Waals surface area (Å²) >= 11 is 7.21. The minimum Gasteiger partial charge on any atom is -0.481 e. The number of rotatable bonds is 9. The van der Waals surface area contributed by atoms with Crippen molar-refractivity contribution in [2.24, 2.45) is 0 Å². The molecule has 0 aliphatic carbocycles. The maximum atomic E-state index is 10.6. The monoisotopic (exact) mass is 363 g/mol. The molecule has 0 aromatic heterocycles. The number of hydrogen-bond acceptors (Lipinski definition) is 5. The molecule has 8 heteroatoms. The lowest BCUT2D eigenvalue weighted by Gasteiger charge is -2.29. The first-order valence-electron chi connectivity index (χ1n) is 6.76. The number of benzene rings is 1. The van der Waals surface area contributed by atoms with E-state index in [1.54, 1.807) is 23.5 Å². The second kappa shape index (κ2) is 8.89. The Balaban J connectivity index is 2.78. The van der Waals surface area contributed by atoms with E-state index in [0.29, 0.717) is 18.7 Å². The van der Waals surface area contributed by atoms with E-state index in [0.717, 1.165) is 5.56 Å². The number of carboxylic acid groups (broad SMARTS) is 1. The smallest absolute Gasteiger partial charge is 0.314 e. The quantitative estimate of drug-likeness (QED) is 0.529. The molecule has 0 saturated carbocycles. The van der Waals surface area contributed by atoms with Gasteiger partial charge in [-0.15, -0.1) is 11.8 Å². The molecule has 0 radical (unpaired) electrons. The van der Waals surface area contributed by atoms with Crippen LogP contribution in [0, 0.1) is 6.92 Å². The number of carboxylic acids is 1. The Labute approximate surface area is 141 Å². The Morgan fingerprint density at radius 1 is 1.50 bits per heavy atom. The van der Waals surface area contributed by atoms with Crippen LogP contribution >= 0.6 is 18.4 Å². The van der Waals surface area contributed by atoms with E-state index in [9.17, 15) is 4.79 Å². The molecule has 1 unspecified atom stereocenters. The number of nitrogens with zero attached hydrogens (tertiary/aromatic N) is 1. The van der Waals surface area contributed by atoms with Crippen LogP contribution in [0.3, 0.4) is 0 Å². The highest BCUT2D eigenvalue weighted by atomic mass is 32.5. The Bertz CT molecular complexity index is 568.